The third-order valence-electron chi connectivity index (χ3n) is 4.10. The lowest BCUT2D eigenvalue weighted by molar-refractivity contribution is 0.0874. The number of likely N-dealkylation sites (tertiary alicyclic amines) is 1. The molecule has 1 unspecified atom stereocenters. The quantitative estimate of drug-likeness (QED) is 0.827. The lowest BCUT2D eigenvalue weighted by atomic mass is 9.98. The molecule has 0 spiro atoms. The summed E-state index contributed by atoms with van der Waals surface area (Å²) in [6.07, 6.45) is 3.72. The van der Waals surface area contributed by atoms with Crippen molar-refractivity contribution in [2.45, 2.75) is 25.8 Å². The van der Waals surface area contributed by atoms with Gasteiger partial charge in [-0.3, -0.25) is 4.90 Å². The number of hydrogen-bond donors (Lipinski definition) is 1. The zero-order valence-electron chi connectivity index (χ0n) is 12.9. The molecule has 2 rings (SSSR count). The summed E-state index contributed by atoms with van der Waals surface area (Å²) in [5.41, 5.74) is 2.84. The van der Waals surface area contributed by atoms with Gasteiger partial charge in [-0.25, -0.2) is 0 Å². The van der Waals surface area contributed by atoms with Crippen LogP contribution in [-0.2, 0) is 17.7 Å². The molecule has 1 fully saturated rings. The Hall–Kier alpha value is -0.900. The normalized spacial score (nSPS) is 20.2. The molecule has 3 nitrogen and oxygen atoms in total. The summed E-state index contributed by atoms with van der Waals surface area (Å²) in [7, 11) is 3.81. The Balaban J connectivity index is 1.83. The molecule has 112 valence electrons. The molecular formula is C17H28N2O. The minimum Gasteiger partial charge on any atom is -0.384 e. The predicted molar refractivity (Wildman–Crippen MR) is 83.9 cm³/mol. The number of nitrogens with one attached hydrogen (secondary N) is 1. The molecule has 1 N–H and O–H groups in total. The van der Waals surface area contributed by atoms with Crippen molar-refractivity contribution in [2.24, 2.45) is 5.92 Å². The minimum absolute atomic E-state index is 0.712. The molecule has 0 radical (unpaired) electrons. The smallest absolute Gasteiger partial charge is 0.0502 e. The average Bonchev–Trinajstić information content (AvgIpc) is 2.47. The molecule has 0 bridgehead atoms. The number of methoxy groups -OCH3 is 1. The first-order valence-electron chi connectivity index (χ1n) is 7.75. The first-order valence-corrected chi connectivity index (χ1v) is 7.75. The number of piperidine rings is 1. The highest BCUT2D eigenvalue weighted by molar-refractivity contribution is 5.22. The van der Waals surface area contributed by atoms with Gasteiger partial charge in [-0.2, -0.15) is 0 Å². The van der Waals surface area contributed by atoms with E-state index in [0.29, 0.717) is 5.92 Å². The monoisotopic (exact) mass is 276 g/mol. The van der Waals surface area contributed by atoms with E-state index in [2.05, 4.69) is 34.5 Å². The molecule has 1 aromatic rings. The first kappa shape index (κ1) is 15.5. The van der Waals surface area contributed by atoms with Gasteiger partial charge in [-0.1, -0.05) is 24.3 Å². The maximum absolute atomic E-state index is 5.30. The van der Waals surface area contributed by atoms with E-state index >= 15 is 0 Å². The van der Waals surface area contributed by atoms with E-state index < -0.39 is 0 Å². The van der Waals surface area contributed by atoms with Crippen LogP contribution in [-0.4, -0.2) is 45.3 Å². The number of rotatable bonds is 7. The van der Waals surface area contributed by atoms with Gasteiger partial charge in [-0.05, 0) is 56.4 Å². The Morgan fingerprint density at radius 1 is 1.25 bits per heavy atom. The second-order valence-corrected chi connectivity index (χ2v) is 5.87. The van der Waals surface area contributed by atoms with Gasteiger partial charge in [0.15, 0.2) is 0 Å². The predicted octanol–water partition coefficient (Wildman–Crippen LogP) is 2.31. The van der Waals surface area contributed by atoms with E-state index in [-0.39, 0.29) is 0 Å². The summed E-state index contributed by atoms with van der Waals surface area (Å²) in [5.74, 6) is 0.712. The summed E-state index contributed by atoms with van der Waals surface area (Å²) in [4.78, 5) is 2.57. The second kappa shape index (κ2) is 8.40. The standard InChI is InChI=1S/C17H28N2O/c1-18-10-9-15-5-7-16(8-6-15)12-19-11-3-4-17(13-19)14-20-2/h5-8,17-18H,3-4,9-14H2,1-2H3. The minimum atomic E-state index is 0.712. The van der Waals surface area contributed by atoms with E-state index in [9.17, 15) is 0 Å². The second-order valence-electron chi connectivity index (χ2n) is 5.87. The third kappa shape index (κ3) is 4.89. The molecule has 1 atom stereocenters. The van der Waals surface area contributed by atoms with E-state index in [1.54, 1.807) is 0 Å². The van der Waals surface area contributed by atoms with E-state index in [1.807, 2.05) is 14.2 Å². The van der Waals surface area contributed by atoms with E-state index in [4.69, 9.17) is 4.74 Å². The number of nitrogens with zero attached hydrogens (tertiary/aromatic N) is 1. The number of likely N-dealkylation sites (N-methyl/N-ethyl adjacent to an activating group) is 1. The van der Waals surface area contributed by atoms with Crippen LogP contribution in [0.3, 0.4) is 0 Å². The highest BCUT2D eigenvalue weighted by atomic mass is 16.5. The van der Waals surface area contributed by atoms with Crippen LogP contribution < -0.4 is 5.32 Å². The number of ether oxygens (including phenoxy) is 1. The molecule has 0 amide bonds. The van der Waals surface area contributed by atoms with Crippen molar-refractivity contribution >= 4 is 0 Å². The Kier molecular flexibility index (Phi) is 6.51. The molecule has 1 heterocycles. The van der Waals surface area contributed by atoms with Crippen LogP contribution in [0, 0.1) is 5.92 Å². The maximum atomic E-state index is 5.30. The van der Waals surface area contributed by atoms with Crippen molar-refractivity contribution in [1.82, 2.24) is 10.2 Å². The van der Waals surface area contributed by atoms with Crippen LogP contribution in [0.2, 0.25) is 0 Å². The first-order chi connectivity index (χ1) is 9.81. The van der Waals surface area contributed by atoms with Crippen molar-refractivity contribution in [1.29, 1.82) is 0 Å². The third-order valence-corrected chi connectivity index (χ3v) is 4.10. The van der Waals surface area contributed by atoms with Gasteiger partial charge in [0, 0.05) is 20.2 Å². The van der Waals surface area contributed by atoms with Crippen LogP contribution in [0.5, 0.6) is 0 Å². The van der Waals surface area contributed by atoms with Gasteiger partial charge in [-0.15, -0.1) is 0 Å². The molecule has 1 saturated heterocycles. The molecule has 20 heavy (non-hydrogen) atoms. The SMILES string of the molecule is CNCCc1ccc(CN2CCCC(COC)C2)cc1. The van der Waals surface area contributed by atoms with Gasteiger partial charge in [0.1, 0.15) is 0 Å². The Labute approximate surface area is 123 Å². The zero-order chi connectivity index (χ0) is 14.2. The summed E-state index contributed by atoms with van der Waals surface area (Å²) < 4.78 is 5.30. The van der Waals surface area contributed by atoms with Crippen LogP contribution >= 0.6 is 0 Å². The van der Waals surface area contributed by atoms with Gasteiger partial charge in [0.2, 0.25) is 0 Å². The Morgan fingerprint density at radius 2 is 2.00 bits per heavy atom. The van der Waals surface area contributed by atoms with Gasteiger partial charge in [0.05, 0.1) is 6.61 Å². The van der Waals surface area contributed by atoms with Crippen molar-refractivity contribution in [3.63, 3.8) is 0 Å². The molecule has 0 saturated carbocycles. The topological polar surface area (TPSA) is 24.5 Å². The molecular weight excluding hydrogens is 248 g/mol. The fourth-order valence-corrected chi connectivity index (χ4v) is 3.01. The van der Waals surface area contributed by atoms with Crippen molar-refractivity contribution in [2.75, 3.05) is 40.4 Å². The fraction of sp³-hybridized carbons (Fsp3) is 0.647. The largest absolute Gasteiger partial charge is 0.384 e. The van der Waals surface area contributed by atoms with Crippen molar-refractivity contribution in [3.05, 3.63) is 35.4 Å². The number of benzene rings is 1. The fourth-order valence-electron chi connectivity index (χ4n) is 3.01. The van der Waals surface area contributed by atoms with Crippen LogP contribution in [0.15, 0.2) is 24.3 Å². The maximum Gasteiger partial charge on any atom is 0.0502 e. The lowest BCUT2D eigenvalue weighted by Crippen LogP contribution is -2.36. The summed E-state index contributed by atoms with van der Waals surface area (Å²) >= 11 is 0. The molecule has 1 aliphatic rings. The van der Waals surface area contributed by atoms with E-state index in [1.165, 1.54) is 37.1 Å². The lowest BCUT2D eigenvalue weighted by Gasteiger charge is -2.32. The van der Waals surface area contributed by atoms with Gasteiger partial charge in [0.25, 0.3) is 0 Å². The van der Waals surface area contributed by atoms with Gasteiger partial charge < -0.3 is 10.1 Å². The van der Waals surface area contributed by atoms with Crippen molar-refractivity contribution < 1.29 is 4.74 Å². The Morgan fingerprint density at radius 3 is 2.70 bits per heavy atom. The highest BCUT2D eigenvalue weighted by Crippen LogP contribution is 2.19. The van der Waals surface area contributed by atoms with Crippen LogP contribution in [0.1, 0.15) is 24.0 Å². The van der Waals surface area contributed by atoms with E-state index in [0.717, 1.165) is 26.1 Å². The molecule has 1 aromatic carbocycles. The zero-order valence-corrected chi connectivity index (χ0v) is 12.9. The summed E-state index contributed by atoms with van der Waals surface area (Å²) in [6.45, 7) is 5.42. The van der Waals surface area contributed by atoms with Crippen LogP contribution in [0.4, 0.5) is 0 Å². The van der Waals surface area contributed by atoms with Crippen molar-refractivity contribution in [3.8, 4) is 0 Å². The molecule has 3 heteroatoms. The number of hydrogen-bond acceptors (Lipinski definition) is 3. The molecule has 1 aliphatic heterocycles. The average molecular weight is 276 g/mol. The van der Waals surface area contributed by atoms with Gasteiger partial charge >= 0.3 is 0 Å². The molecule has 0 aromatic heterocycles. The molecule has 0 aliphatic carbocycles. The Bertz CT molecular complexity index is 375. The highest BCUT2D eigenvalue weighted by Gasteiger charge is 2.19. The summed E-state index contributed by atoms with van der Waals surface area (Å²) in [6, 6.07) is 9.10. The summed E-state index contributed by atoms with van der Waals surface area (Å²) in [5, 5.41) is 3.19. The van der Waals surface area contributed by atoms with Crippen LogP contribution in [0.25, 0.3) is 0 Å².